The lowest BCUT2D eigenvalue weighted by atomic mass is 10.1. The van der Waals surface area contributed by atoms with E-state index in [1.54, 1.807) is 23.5 Å². The lowest BCUT2D eigenvalue weighted by Gasteiger charge is -2.22. The molecule has 0 fully saturated rings. The first-order valence-electron chi connectivity index (χ1n) is 10.4. The molecule has 0 aliphatic carbocycles. The van der Waals surface area contributed by atoms with E-state index in [9.17, 15) is 9.59 Å². The van der Waals surface area contributed by atoms with E-state index in [1.165, 1.54) is 11.9 Å². The number of carbonyl (C=O) groups is 2. The maximum Gasteiger partial charge on any atom is 0.323 e. The van der Waals surface area contributed by atoms with Crippen molar-refractivity contribution < 1.29 is 14.7 Å². The molecule has 168 valence electrons. The molecule has 0 bridgehead atoms. The Hall–Kier alpha value is -2.90. The number of likely N-dealkylation sites (N-methyl/N-ethyl adjacent to an activating group) is 1. The highest BCUT2D eigenvalue weighted by molar-refractivity contribution is 7.14. The molecule has 1 heterocycles. The fourth-order valence-corrected chi connectivity index (χ4v) is 4.21. The molecule has 32 heavy (non-hydrogen) atoms. The van der Waals surface area contributed by atoms with Gasteiger partial charge in [0.25, 0.3) is 5.91 Å². The largest absolute Gasteiger partial charge is 0.480 e. The number of anilines is 1. The maximum absolute atomic E-state index is 12.4. The van der Waals surface area contributed by atoms with Crippen LogP contribution in [-0.2, 0) is 11.3 Å². The number of unbranched alkanes of at least 4 members (excludes halogenated alkanes) is 1. The maximum atomic E-state index is 12.4. The lowest BCUT2D eigenvalue weighted by molar-refractivity contribution is -0.137. The molecule has 0 spiro atoms. The van der Waals surface area contributed by atoms with Crippen molar-refractivity contribution in [2.24, 2.45) is 0 Å². The molecule has 6 nitrogen and oxygen atoms in total. The molecule has 0 radical (unpaired) electrons. The fourth-order valence-electron chi connectivity index (χ4n) is 3.22. The van der Waals surface area contributed by atoms with Crippen LogP contribution in [0.1, 0.15) is 35.7 Å². The van der Waals surface area contributed by atoms with Gasteiger partial charge in [-0.3, -0.25) is 9.59 Å². The highest BCUT2D eigenvalue weighted by Gasteiger charge is 2.16. The van der Waals surface area contributed by atoms with E-state index < -0.39 is 5.97 Å². The Bertz CT molecular complexity index is 1050. The molecule has 0 saturated carbocycles. The second-order valence-corrected chi connectivity index (χ2v) is 8.82. The second kappa shape index (κ2) is 11.1. The summed E-state index contributed by atoms with van der Waals surface area (Å²) in [6.07, 6.45) is 2.13. The summed E-state index contributed by atoms with van der Waals surface area (Å²) in [5.41, 5.74) is 3.48. The topological polar surface area (TPSA) is 73.7 Å². The third-order valence-corrected chi connectivity index (χ3v) is 6.13. The molecule has 1 aromatic heterocycles. The Morgan fingerprint density at radius 3 is 2.41 bits per heavy atom. The number of aliphatic carboxylic acids is 1. The summed E-state index contributed by atoms with van der Waals surface area (Å²) in [5.74, 6) is -1.35. The number of benzene rings is 2. The van der Waals surface area contributed by atoms with E-state index in [4.69, 9.17) is 21.7 Å². The number of carboxylic acids is 1. The van der Waals surface area contributed by atoms with Crippen LogP contribution in [0.2, 0.25) is 5.02 Å². The number of halogens is 1. The third-order valence-electron chi connectivity index (χ3n) is 4.98. The van der Waals surface area contributed by atoms with Crippen molar-refractivity contribution in [3.63, 3.8) is 0 Å². The normalized spacial score (nSPS) is 10.7. The smallest absolute Gasteiger partial charge is 0.323 e. The van der Waals surface area contributed by atoms with Crippen LogP contribution >= 0.6 is 22.9 Å². The van der Waals surface area contributed by atoms with Gasteiger partial charge in [0, 0.05) is 41.7 Å². The Kier molecular flexibility index (Phi) is 8.25. The van der Waals surface area contributed by atoms with Gasteiger partial charge in [-0.05, 0) is 36.2 Å². The van der Waals surface area contributed by atoms with Crippen molar-refractivity contribution in [3.05, 3.63) is 70.1 Å². The van der Waals surface area contributed by atoms with E-state index in [-0.39, 0.29) is 12.5 Å². The molecule has 2 aromatic carbocycles. The number of hydrogen-bond donors (Lipinski definition) is 1. The molecule has 0 aliphatic rings. The molecule has 3 rings (SSSR count). The summed E-state index contributed by atoms with van der Waals surface area (Å²) in [4.78, 5) is 31.5. The molecule has 1 N–H and O–H groups in total. The van der Waals surface area contributed by atoms with Crippen molar-refractivity contribution >= 4 is 39.9 Å². The van der Waals surface area contributed by atoms with Crippen LogP contribution in [-0.4, -0.2) is 47.0 Å². The van der Waals surface area contributed by atoms with E-state index >= 15 is 0 Å². The standard InChI is InChI=1S/C24H26ClN3O3S/c1-3-4-13-28(24-26-21(16-32-24)18-9-11-20(25)12-10-18)14-17-5-7-19(8-6-17)23(31)27(2)15-22(29)30/h5-12,16H,3-4,13-15H2,1-2H3,(H,29,30). The summed E-state index contributed by atoms with van der Waals surface area (Å²) in [5, 5.41) is 12.6. The molecule has 0 aliphatic heterocycles. The van der Waals surface area contributed by atoms with E-state index in [1.807, 2.05) is 36.4 Å². The Morgan fingerprint density at radius 1 is 1.09 bits per heavy atom. The van der Waals surface area contributed by atoms with Crippen molar-refractivity contribution in [2.75, 3.05) is 25.0 Å². The van der Waals surface area contributed by atoms with Crippen molar-refractivity contribution in [1.29, 1.82) is 0 Å². The van der Waals surface area contributed by atoms with E-state index in [2.05, 4.69) is 17.2 Å². The molecule has 8 heteroatoms. The molecular weight excluding hydrogens is 446 g/mol. The zero-order valence-electron chi connectivity index (χ0n) is 18.1. The summed E-state index contributed by atoms with van der Waals surface area (Å²) >= 11 is 7.61. The van der Waals surface area contributed by atoms with E-state index in [0.29, 0.717) is 17.1 Å². The van der Waals surface area contributed by atoms with Gasteiger partial charge in [0.15, 0.2) is 5.13 Å². The van der Waals surface area contributed by atoms with Crippen LogP contribution in [0.4, 0.5) is 5.13 Å². The zero-order valence-corrected chi connectivity index (χ0v) is 19.7. The first-order valence-corrected chi connectivity index (χ1v) is 11.7. The van der Waals surface area contributed by atoms with Crippen LogP contribution in [0.5, 0.6) is 0 Å². The predicted molar refractivity (Wildman–Crippen MR) is 130 cm³/mol. The minimum absolute atomic E-state index is 0.311. The monoisotopic (exact) mass is 471 g/mol. The van der Waals surface area contributed by atoms with Gasteiger partial charge < -0.3 is 14.9 Å². The minimum Gasteiger partial charge on any atom is -0.480 e. The number of thiazole rings is 1. The summed E-state index contributed by atoms with van der Waals surface area (Å²) in [7, 11) is 1.48. The Labute approximate surface area is 197 Å². The van der Waals surface area contributed by atoms with Gasteiger partial charge in [0.1, 0.15) is 6.54 Å². The van der Waals surface area contributed by atoms with Gasteiger partial charge >= 0.3 is 5.97 Å². The molecular formula is C24H26ClN3O3S. The number of carbonyl (C=O) groups excluding carboxylic acids is 1. The molecule has 0 saturated heterocycles. The second-order valence-electron chi connectivity index (χ2n) is 7.55. The van der Waals surface area contributed by atoms with Gasteiger partial charge in [-0.15, -0.1) is 11.3 Å². The first kappa shape index (κ1) is 23.8. The summed E-state index contributed by atoms with van der Waals surface area (Å²) in [6, 6.07) is 15.0. The number of carboxylic acid groups (broad SMARTS) is 1. The van der Waals surface area contributed by atoms with Gasteiger partial charge in [-0.25, -0.2) is 4.98 Å². The summed E-state index contributed by atoms with van der Waals surface area (Å²) in [6.45, 7) is 3.39. The average Bonchev–Trinajstić information content (AvgIpc) is 3.26. The van der Waals surface area contributed by atoms with Crippen molar-refractivity contribution in [3.8, 4) is 11.3 Å². The van der Waals surface area contributed by atoms with Crippen LogP contribution in [0, 0.1) is 0 Å². The van der Waals surface area contributed by atoms with Gasteiger partial charge in [-0.1, -0.05) is 49.2 Å². The zero-order chi connectivity index (χ0) is 23.1. The van der Waals surface area contributed by atoms with Crippen LogP contribution in [0.15, 0.2) is 53.9 Å². The quantitative estimate of drug-likeness (QED) is 0.427. The van der Waals surface area contributed by atoms with Crippen LogP contribution in [0.3, 0.4) is 0 Å². The number of amides is 1. The predicted octanol–water partition coefficient (Wildman–Crippen LogP) is 5.43. The van der Waals surface area contributed by atoms with Crippen LogP contribution < -0.4 is 4.90 Å². The third kappa shape index (κ3) is 6.31. The number of rotatable bonds is 10. The number of nitrogens with zero attached hydrogens (tertiary/aromatic N) is 3. The number of aromatic nitrogens is 1. The van der Waals surface area contributed by atoms with Gasteiger partial charge in [0.05, 0.1) is 5.69 Å². The number of hydrogen-bond acceptors (Lipinski definition) is 5. The van der Waals surface area contributed by atoms with Crippen LogP contribution in [0.25, 0.3) is 11.3 Å². The average molecular weight is 472 g/mol. The van der Waals surface area contributed by atoms with Gasteiger partial charge in [-0.2, -0.15) is 0 Å². The fraction of sp³-hybridized carbons (Fsp3) is 0.292. The van der Waals surface area contributed by atoms with Gasteiger partial charge in [0.2, 0.25) is 0 Å². The lowest BCUT2D eigenvalue weighted by Crippen LogP contribution is -2.31. The SMILES string of the molecule is CCCCN(Cc1ccc(C(=O)N(C)CC(=O)O)cc1)c1nc(-c2ccc(Cl)cc2)cs1. The Morgan fingerprint density at radius 2 is 1.78 bits per heavy atom. The highest BCUT2D eigenvalue weighted by atomic mass is 35.5. The molecule has 3 aromatic rings. The molecule has 0 atom stereocenters. The summed E-state index contributed by atoms with van der Waals surface area (Å²) < 4.78 is 0. The van der Waals surface area contributed by atoms with Crippen molar-refractivity contribution in [1.82, 2.24) is 9.88 Å². The highest BCUT2D eigenvalue weighted by Crippen LogP contribution is 2.29. The Balaban J connectivity index is 1.74. The molecule has 1 amide bonds. The minimum atomic E-state index is -1.04. The first-order chi connectivity index (χ1) is 15.4. The molecule has 0 unspecified atom stereocenters. The van der Waals surface area contributed by atoms with Crippen molar-refractivity contribution in [2.45, 2.75) is 26.3 Å². The van der Waals surface area contributed by atoms with E-state index in [0.717, 1.165) is 41.3 Å².